The topological polar surface area (TPSA) is 9.23 Å². The van der Waals surface area contributed by atoms with Crippen LogP contribution in [0.2, 0.25) is 0 Å². The van der Waals surface area contributed by atoms with E-state index in [1.165, 1.54) is 11.1 Å². The Labute approximate surface area is 123 Å². The molecule has 0 aliphatic heterocycles. The molecule has 0 spiro atoms. The van der Waals surface area contributed by atoms with Crippen LogP contribution < -0.4 is 4.74 Å². The highest BCUT2D eigenvalue weighted by molar-refractivity contribution is 9.10. The Morgan fingerprint density at radius 2 is 1.58 bits per heavy atom. The summed E-state index contributed by atoms with van der Waals surface area (Å²) in [6, 6.07) is 16.7. The van der Waals surface area contributed by atoms with Gasteiger partial charge in [0.05, 0.1) is 6.61 Å². The van der Waals surface area contributed by atoms with E-state index in [9.17, 15) is 0 Å². The predicted octanol–water partition coefficient (Wildman–Crippen LogP) is 5.19. The molecule has 0 saturated heterocycles. The van der Waals surface area contributed by atoms with Crippen LogP contribution in [0.25, 0.3) is 0 Å². The van der Waals surface area contributed by atoms with Gasteiger partial charge in [0.25, 0.3) is 0 Å². The van der Waals surface area contributed by atoms with Gasteiger partial charge in [-0.1, -0.05) is 54.0 Å². The summed E-state index contributed by atoms with van der Waals surface area (Å²) < 4.78 is 6.88. The highest BCUT2D eigenvalue weighted by Gasteiger charge is 2.00. The normalized spacial score (nSPS) is 10.7. The lowest BCUT2D eigenvalue weighted by atomic mass is 10.0. The molecule has 0 unspecified atom stereocenters. The monoisotopic (exact) mass is 318 g/mol. The average Bonchev–Trinajstić information content (AvgIpc) is 2.41. The van der Waals surface area contributed by atoms with Gasteiger partial charge < -0.3 is 4.74 Å². The van der Waals surface area contributed by atoms with Crippen LogP contribution in [-0.2, 0) is 6.42 Å². The van der Waals surface area contributed by atoms with Crippen LogP contribution in [0, 0.1) is 0 Å². The van der Waals surface area contributed by atoms with Crippen molar-refractivity contribution in [3.63, 3.8) is 0 Å². The van der Waals surface area contributed by atoms with E-state index in [1.807, 2.05) is 0 Å². The predicted molar refractivity (Wildman–Crippen MR) is 83.9 cm³/mol. The molecule has 0 amide bonds. The minimum Gasteiger partial charge on any atom is -0.493 e. The first-order valence-corrected chi connectivity index (χ1v) is 7.41. The molecule has 0 saturated carbocycles. The fourth-order valence-corrected chi connectivity index (χ4v) is 2.15. The zero-order valence-electron chi connectivity index (χ0n) is 11.4. The Morgan fingerprint density at radius 1 is 0.947 bits per heavy atom. The molecule has 0 aliphatic carbocycles. The summed E-state index contributed by atoms with van der Waals surface area (Å²) in [7, 11) is 0. The molecule has 0 heterocycles. The first-order valence-electron chi connectivity index (χ1n) is 6.62. The molecule has 2 rings (SSSR count). The average molecular weight is 319 g/mol. The first-order chi connectivity index (χ1) is 9.15. The summed E-state index contributed by atoms with van der Waals surface area (Å²) in [5, 5.41) is 0. The third-order valence-corrected chi connectivity index (χ3v) is 3.65. The van der Waals surface area contributed by atoms with Crippen molar-refractivity contribution in [2.75, 3.05) is 6.61 Å². The van der Waals surface area contributed by atoms with Gasteiger partial charge in [0.1, 0.15) is 5.75 Å². The van der Waals surface area contributed by atoms with Crippen molar-refractivity contribution >= 4 is 15.9 Å². The Kier molecular flexibility index (Phi) is 5.03. The van der Waals surface area contributed by atoms with Crippen LogP contribution in [0.4, 0.5) is 0 Å². The zero-order chi connectivity index (χ0) is 13.7. The molecular weight excluding hydrogens is 300 g/mol. The third-order valence-electron chi connectivity index (χ3n) is 3.12. The molecule has 0 aromatic heterocycles. The van der Waals surface area contributed by atoms with E-state index in [2.05, 4.69) is 78.3 Å². The Bertz CT molecular complexity index is 500. The fourth-order valence-electron chi connectivity index (χ4n) is 1.89. The highest BCUT2D eigenvalue weighted by atomic mass is 79.9. The molecule has 2 aromatic rings. The number of halogens is 1. The van der Waals surface area contributed by atoms with Crippen molar-refractivity contribution < 1.29 is 4.74 Å². The molecule has 0 radical (unpaired) electrons. The summed E-state index contributed by atoms with van der Waals surface area (Å²) in [5.41, 5.74) is 2.64. The van der Waals surface area contributed by atoms with E-state index in [-0.39, 0.29) is 0 Å². The van der Waals surface area contributed by atoms with Gasteiger partial charge in [0.2, 0.25) is 0 Å². The van der Waals surface area contributed by atoms with E-state index in [0.717, 1.165) is 16.6 Å². The number of hydrogen-bond donors (Lipinski definition) is 0. The molecule has 100 valence electrons. The van der Waals surface area contributed by atoms with Crippen LogP contribution in [0.1, 0.15) is 30.9 Å². The Balaban J connectivity index is 1.83. The molecule has 19 heavy (non-hydrogen) atoms. The van der Waals surface area contributed by atoms with Gasteiger partial charge >= 0.3 is 0 Å². The molecular formula is C17H19BrO. The number of hydrogen-bond acceptors (Lipinski definition) is 1. The number of benzene rings is 2. The lowest BCUT2D eigenvalue weighted by molar-refractivity contribution is 0.322. The van der Waals surface area contributed by atoms with Gasteiger partial charge in [-0.05, 0) is 41.3 Å². The van der Waals surface area contributed by atoms with Gasteiger partial charge in [0, 0.05) is 10.9 Å². The minimum atomic E-state index is 0.566. The summed E-state index contributed by atoms with van der Waals surface area (Å²) in [6.07, 6.45) is 0.930. The van der Waals surface area contributed by atoms with E-state index in [0.29, 0.717) is 12.5 Å². The maximum absolute atomic E-state index is 5.76. The Morgan fingerprint density at radius 3 is 2.16 bits per heavy atom. The molecule has 0 aliphatic rings. The third kappa shape index (κ3) is 4.39. The van der Waals surface area contributed by atoms with Gasteiger partial charge in [-0.15, -0.1) is 0 Å². The molecule has 0 fully saturated rings. The fraction of sp³-hybridized carbons (Fsp3) is 0.294. The maximum Gasteiger partial charge on any atom is 0.119 e. The van der Waals surface area contributed by atoms with Gasteiger partial charge in [-0.25, -0.2) is 0 Å². The second-order valence-electron chi connectivity index (χ2n) is 4.95. The minimum absolute atomic E-state index is 0.566. The van der Waals surface area contributed by atoms with Crippen LogP contribution in [-0.4, -0.2) is 6.61 Å². The van der Waals surface area contributed by atoms with E-state index in [4.69, 9.17) is 4.74 Å². The van der Waals surface area contributed by atoms with Crippen molar-refractivity contribution in [2.24, 2.45) is 0 Å². The molecule has 2 heteroatoms. The van der Waals surface area contributed by atoms with Gasteiger partial charge in [-0.2, -0.15) is 0 Å². The summed E-state index contributed by atoms with van der Waals surface area (Å²) in [5.74, 6) is 1.51. The number of ether oxygens (including phenoxy) is 1. The van der Waals surface area contributed by atoms with Crippen LogP contribution in [0.5, 0.6) is 5.75 Å². The van der Waals surface area contributed by atoms with Crippen molar-refractivity contribution in [2.45, 2.75) is 26.2 Å². The smallest absolute Gasteiger partial charge is 0.119 e. The van der Waals surface area contributed by atoms with Crippen molar-refractivity contribution in [3.8, 4) is 5.75 Å². The second-order valence-corrected chi connectivity index (χ2v) is 5.86. The summed E-state index contributed by atoms with van der Waals surface area (Å²) in [4.78, 5) is 0. The van der Waals surface area contributed by atoms with E-state index < -0.39 is 0 Å². The van der Waals surface area contributed by atoms with Crippen molar-refractivity contribution in [1.29, 1.82) is 0 Å². The van der Waals surface area contributed by atoms with Crippen LogP contribution in [0.3, 0.4) is 0 Å². The number of rotatable bonds is 5. The SMILES string of the molecule is CC(C)c1ccc(OCCc2ccc(Br)cc2)cc1. The quantitative estimate of drug-likeness (QED) is 0.736. The van der Waals surface area contributed by atoms with E-state index in [1.54, 1.807) is 0 Å². The summed E-state index contributed by atoms with van der Waals surface area (Å²) in [6.45, 7) is 5.11. The molecule has 0 atom stereocenters. The highest BCUT2D eigenvalue weighted by Crippen LogP contribution is 2.19. The standard InChI is InChI=1S/C17H19BrO/c1-13(2)15-5-9-17(10-6-15)19-12-11-14-3-7-16(18)8-4-14/h3-10,13H,11-12H2,1-2H3. The summed E-state index contributed by atoms with van der Waals surface area (Å²) >= 11 is 3.44. The largest absolute Gasteiger partial charge is 0.493 e. The van der Waals surface area contributed by atoms with Crippen molar-refractivity contribution in [3.05, 3.63) is 64.1 Å². The molecule has 2 aromatic carbocycles. The van der Waals surface area contributed by atoms with E-state index >= 15 is 0 Å². The molecule has 1 nitrogen and oxygen atoms in total. The Hall–Kier alpha value is -1.28. The first kappa shape index (κ1) is 14.1. The van der Waals surface area contributed by atoms with Gasteiger partial charge in [-0.3, -0.25) is 0 Å². The lowest BCUT2D eigenvalue weighted by Gasteiger charge is -2.09. The van der Waals surface area contributed by atoms with Crippen LogP contribution >= 0.6 is 15.9 Å². The lowest BCUT2D eigenvalue weighted by Crippen LogP contribution is -2.01. The van der Waals surface area contributed by atoms with Gasteiger partial charge in [0.15, 0.2) is 0 Å². The van der Waals surface area contributed by atoms with Crippen LogP contribution in [0.15, 0.2) is 53.0 Å². The second kappa shape index (κ2) is 6.76. The maximum atomic E-state index is 5.76. The van der Waals surface area contributed by atoms with Crippen molar-refractivity contribution in [1.82, 2.24) is 0 Å². The molecule has 0 bridgehead atoms. The zero-order valence-corrected chi connectivity index (χ0v) is 13.0. The molecule has 0 N–H and O–H groups in total.